The van der Waals surface area contributed by atoms with Crippen LogP contribution < -0.4 is 4.74 Å². The Hall–Kier alpha value is -3.14. The van der Waals surface area contributed by atoms with Crippen molar-refractivity contribution in [1.29, 1.82) is 0 Å². The average Bonchev–Trinajstić information content (AvgIpc) is 2.75. The molecule has 0 bridgehead atoms. The Morgan fingerprint density at radius 1 is 1.21 bits per heavy atom. The second kappa shape index (κ2) is 10.0. The van der Waals surface area contributed by atoms with Gasteiger partial charge in [-0.25, -0.2) is 18.7 Å². The minimum Gasteiger partial charge on any atom is -0.493 e. The van der Waals surface area contributed by atoms with Gasteiger partial charge >= 0.3 is 6.18 Å². The van der Waals surface area contributed by atoms with Crippen molar-refractivity contribution in [3.8, 4) is 5.75 Å². The van der Waals surface area contributed by atoms with Crippen molar-refractivity contribution in [3.63, 3.8) is 0 Å². The number of aliphatic imine (C=N–C) groups is 1. The Labute approximate surface area is 193 Å². The van der Waals surface area contributed by atoms with E-state index in [0.717, 1.165) is 18.2 Å². The third-order valence-electron chi connectivity index (χ3n) is 5.51. The van der Waals surface area contributed by atoms with E-state index >= 15 is 0 Å². The second-order valence-electron chi connectivity index (χ2n) is 8.01. The second-order valence-corrected chi connectivity index (χ2v) is 8.01. The van der Waals surface area contributed by atoms with Crippen LogP contribution in [0.3, 0.4) is 0 Å². The molecule has 0 spiro atoms. The normalized spacial score (nSPS) is 15.0. The van der Waals surface area contributed by atoms with Crippen molar-refractivity contribution in [3.05, 3.63) is 59.6 Å². The summed E-state index contributed by atoms with van der Waals surface area (Å²) >= 11 is 0. The van der Waals surface area contributed by atoms with Gasteiger partial charge in [-0.15, -0.1) is 0 Å². The van der Waals surface area contributed by atoms with Gasteiger partial charge in [0, 0.05) is 35.5 Å². The first kappa shape index (κ1) is 25.5. The van der Waals surface area contributed by atoms with Crippen molar-refractivity contribution in [2.75, 3.05) is 7.11 Å². The summed E-state index contributed by atoms with van der Waals surface area (Å²) < 4.78 is 75.6. The number of para-hydroxylation sites is 1. The van der Waals surface area contributed by atoms with Crippen molar-refractivity contribution < 1.29 is 31.8 Å². The number of aryl methyl sites for hydroxylation is 1. The fourth-order valence-electron chi connectivity index (χ4n) is 3.85. The van der Waals surface area contributed by atoms with Gasteiger partial charge in [-0.1, -0.05) is 25.5 Å². The summed E-state index contributed by atoms with van der Waals surface area (Å²) in [6.45, 7) is 3.35. The number of aromatic nitrogens is 2. The highest BCUT2D eigenvalue weighted by molar-refractivity contribution is 5.91. The molecule has 0 aliphatic heterocycles. The molecule has 10 heteroatoms. The molecule has 0 saturated heterocycles. The summed E-state index contributed by atoms with van der Waals surface area (Å²) in [5.74, 6) is -2.19. The Balaban J connectivity index is 2.07. The summed E-state index contributed by atoms with van der Waals surface area (Å²) in [7, 11) is 1.22. The van der Waals surface area contributed by atoms with Gasteiger partial charge in [-0.05, 0) is 31.7 Å². The van der Waals surface area contributed by atoms with Crippen molar-refractivity contribution >= 4 is 22.8 Å². The lowest BCUT2D eigenvalue weighted by Gasteiger charge is -2.31. The maximum Gasteiger partial charge on any atom is 0.422 e. The fourth-order valence-corrected chi connectivity index (χ4v) is 3.85. The van der Waals surface area contributed by atoms with E-state index in [9.17, 15) is 27.1 Å². The van der Waals surface area contributed by atoms with Gasteiger partial charge in [0.25, 0.3) is 0 Å². The van der Waals surface area contributed by atoms with Crippen molar-refractivity contribution in [2.45, 2.75) is 50.8 Å². The minimum absolute atomic E-state index is 0.159. The van der Waals surface area contributed by atoms with Crippen LogP contribution in [0.4, 0.5) is 27.6 Å². The molecule has 3 rings (SSSR count). The van der Waals surface area contributed by atoms with E-state index in [-0.39, 0.29) is 34.3 Å². The Kier molecular flexibility index (Phi) is 7.50. The van der Waals surface area contributed by atoms with E-state index < -0.39 is 35.8 Å². The van der Waals surface area contributed by atoms with Gasteiger partial charge in [0.1, 0.15) is 11.6 Å². The number of rotatable bonds is 8. The number of fused-ring (bicyclic) bond motifs is 1. The molecule has 0 amide bonds. The van der Waals surface area contributed by atoms with Crippen LogP contribution in [-0.4, -0.2) is 40.2 Å². The number of ether oxygens (including phenoxy) is 1. The molecule has 2 unspecified atom stereocenters. The molecular weight excluding hydrogens is 457 g/mol. The van der Waals surface area contributed by atoms with E-state index in [1.807, 2.05) is 0 Å². The van der Waals surface area contributed by atoms with Crippen LogP contribution in [0.15, 0.2) is 41.5 Å². The number of hydrogen-bond donors (Lipinski definition) is 1. The lowest BCUT2D eigenvalue weighted by molar-refractivity contribution is -0.232. The molecule has 0 saturated carbocycles. The smallest absolute Gasteiger partial charge is 0.422 e. The highest BCUT2D eigenvalue weighted by Gasteiger charge is 2.54. The average molecular weight is 481 g/mol. The first-order chi connectivity index (χ1) is 16.0. The first-order valence-corrected chi connectivity index (χ1v) is 10.6. The zero-order valence-electron chi connectivity index (χ0n) is 18.8. The van der Waals surface area contributed by atoms with Gasteiger partial charge in [0.15, 0.2) is 17.2 Å². The number of alkyl halides is 3. The van der Waals surface area contributed by atoms with Crippen LogP contribution in [0, 0.1) is 18.6 Å². The molecular formula is C24H24F5N3O2. The summed E-state index contributed by atoms with van der Waals surface area (Å²) in [6.07, 6.45) is -3.57. The molecule has 34 heavy (non-hydrogen) atoms. The molecule has 1 heterocycles. The zero-order chi connectivity index (χ0) is 25.1. The Morgan fingerprint density at radius 3 is 2.59 bits per heavy atom. The molecule has 2 aromatic carbocycles. The minimum atomic E-state index is -5.11. The molecule has 182 valence electrons. The summed E-state index contributed by atoms with van der Waals surface area (Å²) in [5, 5.41) is 11.0. The van der Waals surface area contributed by atoms with Gasteiger partial charge in [-0.2, -0.15) is 13.2 Å². The maximum absolute atomic E-state index is 14.2. The van der Waals surface area contributed by atoms with Crippen LogP contribution >= 0.6 is 0 Å². The van der Waals surface area contributed by atoms with Crippen LogP contribution in [-0.2, 0) is 0 Å². The SMILES string of the molecule is CCCC(CC(O)(C=Nc1cc(F)cc2nc(C)ncc12)C(F)(F)F)c1cccc(F)c1OC. The summed E-state index contributed by atoms with van der Waals surface area (Å²) in [4.78, 5) is 11.9. The van der Waals surface area contributed by atoms with Gasteiger partial charge in [-0.3, -0.25) is 4.99 Å². The number of aliphatic hydroxyl groups is 1. The van der Waals surface area contributed by atoms with Crippen molar-refractivity contribution in [1.82, 2.24) is 9.97 Å². The number of benzene rings is 2. The highest BCUT2D eigenvalue weighted by Crippen LogP contribution is 2.42. The molecule has 0 aliphatic carbocycles. The van der Waals surface area contributed by atoms with E-state index in [4.69, 9.17) is 4.74 Å². The molecule has 0 fully saturated rings. The molecule has 3 aromatic rings. The van der Waals surface area contributed by atoms with Crippen LogP contribution in [0.1, 0.15) is 43.5 Å². The van der Waals surface area contributed by atoms with Gasteiger partial charge in [0.2, 0.25) is 0 Å². The molecule has 1 N–H and O–H groups in total. The van der Waals surface area contributed by atoms with Crippen LogP contribution in [0.2, 0.25) is 0 Å². The zero-order valence-corrected chi connectivity index (χ0v) is 18.8. The maximum atomic E-state index is 14.2. The fraction of sp³-hybridized carbons (Fsp3) is 0.375. The monoisotopic (exact) mass is 481 g/mol. The third kappa shape index (κ3) is 5.32. The first-order valence-electron chi connectivity index (χ1n) is 10.6. The number of hydrogen-bond acceptors (Lipinski definition) is 5. The van der Waals surface area contributed by atoms with E-state index in [1.165, 1.54) is 25.4 Å². The van der Waals surface area contributed by atoms with Crippen molar-refractivity contribution in [2.24, 2.45) is 4.99 Å². The largest absolute Gasteiger partial charge is 0.493 e. The lowest BCUT2D eigenvalue weighted by atomic mass is 9.82. The van der Waals surface area contributed by atoms with Gasteiger partial charge in [0.05, 0.1) is 18.3 Å². The number of nitrogens with zero attached hydrogens (tertiary/aromatic N) is 3. The summed E-state index contributed by atoms with van der Waals surface area (Å²) in [5.41, 5.74) is -3.16. The predicted octanol–water partition coefficient (Wildman–Crippen LogP) is 6.19. The molecule has 2 atom stereocenters. The van der Waals surface area contributed by atoms with E-state index in [0.29, 0.717) is 18.5 Å². The Morgan fingerprint density at radius 2 is 1.94 bits per heavy atom. The standard InChI is InChI=1S/C24H24F5N3O2/c1-4-6-15(17-7-5-8-19(26)22(17)34-3)11-23(33,24(27,28)29)13-31-20-9-16(25)10-21-18(20)12-30-14(2)32-21/h5,7-10,12-13,15,33H,4,6,11H2,1-3H3. The molecule has 0 aliphatic rings. The highest BCUT2D eigenvalue weighted by atomic mass is 19.4. The third-order valence-corrected chi connectivity index (χ3v) is 5.51. The predicted molar refractivity (Wildman–Crippen MR) is 119 cm³/mol. The van der Waals surface area contributed by atoms with E-state index in [2.05, 4.69) is 15.0 Å². The van der Waals surface area contributed by atoms with E-state index in [1.54, 1.807) is 13.8 Å². The lowest BCUT2D eigenvalue weighted by Crippen LogP contribution is -2.47. The molecule has 1 aromatic heterocycles. The topological polar surface area (TPSA) is 67.6 Å². The van der Waals surface area contributed by atoms with Gasteiger partial charge < -0.3 is 9.84 Å². The van der Waals surface area contributed by atoms with Crippen LogP contribution in [0.5, 0.6) is 5.75 Å². The number of halogens is 5. The number of methoxy groups -OCH3 is 1. The van der Waals surface area contributed by atoms with Crippen LogP contribution in [0.25, 0.3) is 10.9 Å². The molecule has 0 radical (unpaired) electrons. The molecule has 5 nitrogen and oxygen atoms in total. The Bertz CT molecular complexity index is 1190. The summed E-state index contributed by atoms with van der Waals surface area (Å²) in [6, 6.07) is 6.04. The quantitative estimate of drug-likeness (QED) is 0.308.